The molecule has 122 valence electrons. The molecule has 0 radical (unpaired) electrons. The zero-order chi connectivity index (χ0) is 16.3. The van der Waals surface area contributed by atoms with E-state index >= 15 is 0 Å². The largest absolute Gasteiger partial charge is 0.347 e. The van der Waals surface area contributed by atoms with Crippen LogP contribution in [-0.2, 0) is 11.2 Å². The van der Waals surface area contributed by atoms with Crippen LogP contribution < -0.4 is 0 Å². The quantitative estimate of drug-likeness (QED) is 0.801. The fourth-order valence-corrected chi connectivity index (χ4v) is 4.06. The Bertz CT molecular complexity index is 561. The van der Waals surface area contributed by atoms with Crippen LogP contribution in [0, 0.1) is 11.4 Å². The molecular formula is C14H21FN4OS2. The Morgan fingerprint density at radius 2 is 2.27 bits per heavy atom. The van der Waals surface area contributed by atoms with Crippen molar-refractivity contribution in [3.05, 3.63) is 11.6 Å². The van der Waals surface area contributed by atoms with Gasteiger partial charge in [0, 0.05) is 17.2 Å². The highest BCUT2D eigenvalue weighted by molar-refractivity contribution is 7.99. The number of hydrogen-bond acceptors (Lipinski definition) is 5. The molecule has 0 amide bonds. The van der Waals surface area contributed by atoms with Crippen LogP contribution in [-0.4, -0.2) is 48.8 Å². The van der Waals surface area contributed by atoms with Gasteiger partial charge in [-0.2, -0.15) is 14.7 Å². The Labute approximate surface area is 139 Å². The van der Waals surface area contributed by atoms with Gasteiger partial charge in [-0.15, -0.1) is 16.9 Å². The van der Waals surface area contributed by atoms with Crippen LogP contribution >= 0.6 is 24.0 Å². The monoisotopic (exact) mass is 344 g/mol. The number of thioether (sulfide) groups is 1. The third-order valence-corrected chi connectivity index (χ3v) is 5.72. The maximum atomic E-state index is 13.3. The number of halogens is 1. The number of hydrogen-bond donors (Lipinski definition) is 1. The third-order valence-electron chi connectivity index (χ3n) is 4.22. The molecule has 1 N–H and O–H groups in total. The average molecular weight is 344 g/mol. The van der Waals surface area contributed by atoms with E-state index in [2.05, 4.69) is 15.4 Å². The lowest BCUT2D eigenvalue weighted by Crippen LogP contribution is -2.44. The summed E-state index contributed by atoms with van der Waals surface area (Å²) in [6, 6.07) is 0.144. The Morgan fingerprint density at radius 1 is 1.55 bits per heavy atom. The lowest BCUT2D eigenvalue weighted by atomic mass is 9.85. The van der Waals surface area contributed by atoms with Crippen molar-refractivity contribution in [1.29, 1.82) is 0 Å². The summed E-state index contributed by atoms with van der Waals surface area (Å²) >= 11 is 7.17. The van der Waals surface area contributed by atoms with Crippen LogP contribution in [0.4, 0.5) is 4.39 Å². The number of carbonyl (C=O) groups is 1. The Kier molecular flexibility index (Phi) is 5.55. The van der Waals surface area contributed by atoms with Crippen molar-refractivity contribution in [2.75, 3.05) is 11.6 Å². The summed E-state index contributed by atoms with van der Waals surface area (Å²) < 4.78 is 13.3. The van der Waals surface area contributed by atoms with Crippen molar-refractivity contribution in [3.63, 3.8) is 0 Å². The van der Waals surface area contributed by atoms with E-state index in [1.807, 2.05) is 25.7 Å². The molecule has 1 saturated heterocycles. The molecule has 1 aliphatic heterocycles. The molecular weight excluding hydrogens is 323 g/mol. The van der Waals surface area contributed by atoms with Gasteiger partial charge < -0.3 is 4.90 Å². The second kappa shape index (κ2) is 7.04. The predicted octanol–water partition coefficient (Wildman–Crippen LogP) is 2.58. The van der Waals surface area contributed by atoms with Crippen molar-refractivity contribution in [3.8, 4) is 0 Å². The second-order valence-corrected chi connectivity index (χ2v) is 7.48. The number of rotatable bonds is 6. The summed E-state index contributed by atoms with van der Waals surface area (Å²) in [6.45, 7) is 5.83. The van der Waals surface area contributed by atoms with Gasteiger partial charge in [0.15, 0.2) is 5.78 Å². The Morgan fingerprint density at radius 3 is 2.86 bits per heavy atom. The topological polar surface area (TPSA) is 61.9 Å². The van der Waals surface area contributed by atoms with Gasteiger partial charge in [0.05, 0.1) is 5.88 Å². The van der Waals surface area contributed by atoms with Gasteiger partial charge in [-0.25, -0.2) is 0 Å². The zero-order valence-electron chi connectivity index (χ0n) is 13.1. The van der Waals surface area contributed by atoms with Gasteiger partial charge in [-0.05, 0) is 19.3 Å². The van der Waals surface area contributed by atoms with Crippen molar-refractivity contribution in [2.24, 2.45) is 5.41 Å². The summed E-state index contributed by atoms with van der Waals surface area (Å²) in [5, 5.41) is 9.46. The molecule has 0 spiro atoms. The molecule has 1 atom stereocenters. The number of nitrogens with zero attached hydrogens (tertiary/aromatic N) is 3. The minimum Gasteiger partial charge on any atom is -0.347 e. The van der Waals surface area contributed by atoms with E-state index in [-0.39, 0.29) is 11.8 Å². The van der Waals surface area contributed by atoms with E-state index in [1.54, 1.807) is 11.8 Å². The van der Waals surface area contributed by atoms with Crippen LogP contribution in [0.15, 0.2) is 0 Å². The molecule has 5 nitrogen and oxygen atoms in total. The van der Waals surface area contributed by atoms with Gasteiger partial charge in [0.2, 0.25) is 0 Å². The Hall–Kier alpha value is -1.02. The highest BCUT2D eigenvalue weighted by atomic mass is 32.2. The van der Waals surface area contributed by atoms with E-state index in [4.69, 9.17) is 12.2 Å². The van der Waals surface area contributed by atoms with Gasteiger partial charge >= 0.3 is 0 Å². The number of Topliss-reactive ketones (excluding diaryl/α,β-unsaturated/α-hetero) is 1. The number of ketones is 1. The molecule has 0 aliphatic carbocycles. The van der Waals surface area contributed by atoms with E-state index in [9.17, 15) is 9.18 Å². The van der Waals surface area contributed by atoms with Crippen molar-refractivity contribution < 1.29 is 9.18 Å². The molecule has 1 aromatic rings. The van der Waals surface area contributed by atoms with Gasteiger partial charge in [-0.3, -0.25) is 4.79 Å². The predicted molar refractivity (Wildman–Crippen MR) is 89.3 cm³/mol. The normalized spacial score (nSPS) is 18.7. The van der Waals surface area contributed by atoms with Crippen LogP contribution in [0.5, 0.6) is 0 Å². The molecule has 1 aliphatic rings. The van der Waals surface area contributed by atoms with E-state index in [1.165, 1.54) is 0 Å². The molecule has 1 fully saturated rings. The molecule has 2 rings (SSSR count). The summed E-state index contributed by atoms with van der Waals surface area (Å²) in [5.41, 5.74) is -0.101. The molecule has 1 unspecified atom stereocenters. The summed E-state index contributed by atoms with van der Waals surface area (Å²) in [4.78, 5) is 14.9. The molecule has 0 saturated carbocycles. The number of aromatic nitrogens is 3. The molecule has 22 heavy (non-hydrogen) atoms. The van der Waals surface area contributed by atoms with Crippen LogP contribution in [0.25, 0.3) is 0 Å². The third kappa shape index (κ3) is 3.65. The van der Waals surface area contributed by atoms with Gasteiger partial charge in [0.1, 0.15) is 10.7 Å². The van der Waals surface area contributed by atoms with Crippen molar-refractivity contribution in [2.45, 2.75) is 46.1 Å². The number of nitrogens with one attached hydrogen (secondary N) is 1. The van der Waals surface area contributed by atoms with E-state index in [0.29, 0.717) is 23.5 Å². The molecule has 2 heterocycles. The lowest BCUT2D eigenvalue weighted by molar-refractivity contribution is -0.121. The summed E-state index contributed by atoms with van der Waals surface area (Å²) in [5.74, 6) is 1.07. The van der Waals surface area contributed by atoms with E-state index < -0.39 is 11.4 Å². The first kappa shape index (κ1) is 17.3. The molecule has 0 bridgehead atoms. The number of H-pyrrole nitrogens is 1. The number of aryl methyl sites for hydroxylation is 1. The smallest absolute Gasteiger partial charge is 0.255 e. The number of aromatic amines is 1. The number of thiocarbonyl (C=S) groups is 1. The second-order valence-electron chi connectivity index (χ2n) is 6.10. The zero-order valence-corrected chi connectivity index (χ0v) is 14.7. The maximum absolute atomic E-state index is 13.3. The summed E-state index contributed by atoms with van der Waals surface area (Å²) in [7, 11) is 0. The van der Waals surface area contributed by atoms with Crippen molar-refractivity contribution in [1.82, 2.24) is 20.3 Å². The molecule has 1 aromatic heterocycles. The Balaban J connectivity index is 2.00. The average Bonchev–Trinajstić information content (AvgIpc) is 3.12. The minimum atomic E-state index is -0.553. The first-order chi connectivity index (χ1) is 10.4. The van der Waals surface area contributed by atoms with Crippen LogP contribution in [0.1, 0.15) is 39.3 Å². The maximum Gasteiger partial charge on any atom is 0.255 e. The van der Waals surface area contributed by atoms with Gasteiger partial charge in [-0.1, -0.05) is 33.0 Å². The number of carbonyl (C=O) groups excluding carboxylic acids is 1. The standard InChI is InChI=1S/C14H21FN4OS2/c1-4-14(2,3)11(20)13(21)19-8-22-7-9(19)5-6-10-12(15)17-18-16-10/h9H,4-8H2,1-3H3,(H,16,17,18). The first-order valence-corrected chi connectivity index (χ1v) is 8.91. The summed E-state index contributed by atoms with van der Waals surface area (Å²) in [6.07, 6.45) is 1.94. The highest BCUT2D eigenvalue weighted by Crippen LogP contribution is 2.29. The van der Waals surface area contributed by atoms with Gasteiger partial charge in [0.25, 0.3) is 5.95 Å². The van der Waals surface area contributed by atoms with Crippen LogP contribution in [0.2, 0.25) is 0 Å². The highest BCUT2D eigenvalue weighted by Gasteiger charge is 2.36. The first-order valence-electron chi connectivity index (χ1n) is 7.35. The fraction of sp³-hybridized carbons (Fsp3) is 0.714. The van der Waals surface area contributed by atoms with E-state index in [0.717, 1.165) is 18.1 Å². The minimum absolute atomic E-state index is 0.0186. The molecule has 8 heteroatoms. The van der Waals surface area contributed by atoms with Crippen LogP contribution in [0.3, 0.4) is 0 Å². The SMILES string of the molecule is CCC(C)(C)C(=O)C(=S)N1CSCC1CCc1n[nH]nc1F. The molecule has 0 aromatic carbocycles. The fourth-order valence-electron chi connectivity index (χ4n) is 2.23. The van der Waals surface area contributed by atoms with Crippen molar-refractivity contribution >= 4 is 34.8 Å². The lowest BCUT2D eigenvalue weighted by Gasteiger charge is -2.30.